The molecule has 7 nitrogen and oxygen atoms in total. The highest BCUT2D eigenvalue weighted by molar-refractivity contribution is 8.16. The van der Waals surface area contributed by atoms with Gasteiger partial charge in [-0.3, -0.25) is 4.79 Å². The molecular weight excluding hydrogens is 438 g/mol. The largest absolute Gasteiger partial charge is 0.460 e. The number of allylic oxidation sites excluding steroid dienone is 1. The first kappa shape index (κ1) is 25.1. The van der Waals surface area contributed by atoms with Crippen LogP contribution < -0.4 is 5.32 Å². The molecule has 1 aromatic rings. The molecule has 0 aromatic heterocycles. The number of fused-ring (bicyclic) bond motifs is 1. The lowest BCUT2D eigenvalue weighted by atomic mass is 9.90. The summed E-state index contributed by atoms with van der Waals surface area (Å²) in [5.41, 5.74) is 5.08. The van der Waals surface area contributed by atoms with Crippen LogP contribution in [0.25, 0.3) is 0 Å². The summed E-state index contributed by atoms with van der Waals surface area (Å²) < 4.78 is 10.6. The number of amides is 1. The number of nitrogens with zero attached hydrogens (tertiary/aromatic N) is 2. The van der Waals surface area contributed by atoms with Crippen LogP contribution in [-0.4, -0.2) is 48.3 Å². The topological polar surface area (TPSA) is 80.2 Å². The van der Waals surface area contributed by atoms with Gasteiger partial charge in [0.1, 0.15) is 6.61 Å². The zero-order valence-corrected chi connectivity index (χ0v) is 21.0. The Balaban J connectivity index is 2.02. The Bertz CT molecular complexity index is 1010. The van der Waals surface area contributed by atoms with E-state index in [2.05, 4.69) is 23.5 Å². The first-order valence-electron chi connectivity index (χ1n) is 11.2. The molecule has 2 heterocycles. The Morgan fingerprint density at radius 3 is 2.70 bits per heavy atom. The number of esters is 1. The van der Waals surface area contributed by atoms with Crippen molar-refractivity contribution in [2.45, 2.75) is 59.5 Å². The van der Waals surface area contributed by atoms with Crippen LogP contribution in [0.2, 0.25) is 0 Å². The standard InChI is InChI=1S/C25H33N3O4S/c1-7-17(4)26-21(29)13-19-14-33-25-27-18(5)22(24(30)32-11-10-31-6)23(28(19)25)20-12-15(2)8-9-16(20)3/h8-9,12,14,17,23H,7,10-11,13H2,1-6H3,(H,26,29)/t17-,23-/m0/s1. The molecule has 0 saturated heterocycles. The molecule has 1 N–H and O–H groups in total. The molecule has 0 fully saturated rings. The SMILES string of the molecule is CC[C@H](C)NC(=O)CC1=CSC2=NC(C)=C(C(=O)OCCOC)[C@H](c3cc(C)ccc3C)N12. The highest BCUT2D eigenvalue weighted by Crippen LogP contribution is 2.45. The minimum atomic E-state index is -0.426. The van der Waals surface area contributed by atoms with E-state index in [1.807, 2.05) is 44.9 Å². The van der Waals surface area contributed by atoms with Crippen LogP contribution in [0, 0.1) is 13.8 Å². The van der Waals surface area contributed by atoms with E-state index in [0.29, 0.717) is 17.9 Å². The second-order valence-corrected chi connectivity index (χ2v) is 9.27. The lowest BCUT2D eigenvalue weighted by Crippen LogP contribution is -2.39. The quantitative estimate of drug-likeness (QED) is 0.425. The molecular formula is C25H33N3O4S. The van der Waals surface area contributed by atoms with E-state index < -0.39 is 12.0 Å². The van der Waals surface area contributed by atoms with Crippen LogP contribution in [0.4, 0.5) is 0 Å². The van der Waals surface area contributed by atoms with Crippen molar-refractivity contribution >= 4 is 28.8 Å². The molecule has 8 heteroatoms. The minimum Gasteiger partial charge on any atom is -0.460 e. The zero-order chi connectivity index (χ0) is 24.1. The van der Waals surface area contributed by atoms with E-state index in [0.717, 1.165) is 34.0 Å². The van der Waals surface area contributed by atoms with Gasteiger partial charge in [0.2, 0.25) is 5.91 Å². The summed E-state index contributed by atoms with van der Waals surface area (Å²) in [6.45, 7) is 10.4. The number of ether oxygens (including phenoxy) is 2. The van der Waals surface area contributed by atoms with Crippen molar-refractivity contribution in [3.8, 4) is 0 Å². The highest BCUT2D eigenvalue weighted by atomic mass is 32.2. The van der Waals surface area contributed by atoms with Crippen LogP contribution in [0.1, 0.15) is 56.3 Å². The maximum Gasteiger partial charge on any atom is 0.338 e. The first-order valence-corrected chi connectivity index (χ1v) is 12.1. The third-order valence-electron chi connectivity index (χ3n) is 5.83. The molecule has 178 valence electrons. The fraction of sp³-hybridized carbons (Fsp3) is 0.480. The van der Waals surface area contributed by atoms with Gasteiger partial charge in [0.05, 0.1) is 30.3 Å². The molecule has 0 bridgehead atoms. The normalized spacial score (nSPS) is 18.5. The number of carbonyl (C=O) groups excluding carboxylic acids is 2. The number of thioether (sulfide) groups is 1. The monoisotopic (exact) mass is 471 g/mol. The highest BCUT2D eigenvalue weighted by Gasteiger charge is 2.41. The molecule has 0 aliphatic carbocycles. The van der Waals surface area contributed by atoms with Gasteiger partial charge in [-0.05, 0) is 50.7 Å². The van der Waals surface area contributed by atoms with E-state index in [1.165, 1.54) is 11.8 Å². The summed E-state index contributed by atoms with van der Waals surface area (Å²) in [7, 11) is 1.57. The number of aliphatic imine (C=N–C) groups is 1. The van der Waals surface area contributed by atoms with Crippen molar-refractivity contribution < 1.29 is 19.1 Å². The van der Waals surface area contributed by atoms with E-state index in [9.17, 15) is 9.59 Å². The maximum absolute atomic E-state index is 13.2. The number of methoxy groups -OCH3 is 1. The van der Waals surface area contributed by atoms with E-state index >= 15 is 0 Å². The van der Waals surface area contributed by atoms with Gasteiger partial charge in [-0.15, -0.1) is 0 Å². The summed E-state index contributed by atoms with van der Waals surface area (Å²) in [5, 5.41) is 5.75. The van der Waals surface area contributed by atoms with Crippen LogP contribution in [0.3, 0.4) is 0 Å². The van der Waals surface area contributed by atoms with Gasteiger partial charge in [0, 0.05) is 18.8 Å². The molecule has 2 aliphatic rings. The second kappa shape index (κ2) is 11.0. The first-order chi connectivity index (χ1) is 15.8. The third-order valence-corrected chi connectivity index (χ3v) is 6.72. The van der Waals surface area contributed by atoms with Gasteiger partial charge in [-0.1, -0.05) is 42.4 Å². The summed E-state index contributed by atoms with van der Waals surface area (Å²) in [6, 6.07) is 5.88. The Kier molecular flexibility index (Phi) is 8.37. The Morgan fingerprint density at radius 2 is 2.00 bits per heavy atom. The Morgan fingerprint density at radius 1 is 1.24 bits per heavy atom. The predicted octanol–water partition coefficient (Wildman–Crippen LogP) is 4.37. The summed E-state index contributed by atoms with van der Waals surface area (Å²) in [5.74, 6) is -0.466. The Labute approximate surface area is 200 Å². The predicted molar refractivity (Wildman–Crippen MR) is 132 cm³/mol. The third kappa shape index (κ3) is 5.68. The molecule has 1 amide bonds. The average molecular weight is 472 g/mol. The smallest absolute Gasteiger partial charge is 0.338 e. The number of hydrogen-bond donors (Lipinski definition) is 1. The second-order valence-electron chi connectivity index (χ2n) is 8.44. The van der Waals surface area contributed by atoms with Gasteiger partial charge < -0.3 is 19.7 Å². The van der Waals surface area contributed by atoms with Crippen LogP contribution in [0.15, 0.2) is 45.6 Å². The van der Waals surface area contributed by atoms with Gasteiger partial charge >= 0.3 is 5.97 Å². The van der Waals surface area contributed by atoms with Gasteiger partial charge in [-0.2, -0.15) is 0 Å². The molecule has 1 aromatic carbocycles. The lowest BCUT2D eigenvalue weighted by molar-refractivity contribution is -0.141. The number of hydrogen-bond acceptors (Lipinski definition) is 7. The van der Waals surface area contributed by atoms with Crippen molar-refractivity contribution in [2.75, 3.05) is 20.3 Å². The van der Waals surface area contributed by atoms with Crippen molar-refractivity contribution in [3.05, 3.63) is 57.3 Å². The number of aryl methyl sites for hydroxylation is 2. The molecule has 2 aliphatic heterocycles. The molecule has 33 heavy (non-hydrogen) atoms. The van der Waals surface area contributed by atoms with E-state index in [4.69, 9.17) is 14.5 Å². The number of carbonyl (C=O) groups is 2. The number of amidine groups is 1. The average Bonchev–Trinajstić information content (AvgIpc) is 3.16. The molecule has 0 spiro atoms. The van der Waals surface area contributed by atoms with Gasteiger partial charge in [0.25, 0.3) is 0 Å². The Hall–Kier alpha value is -2.58. The van der Waals surface area contributed by atoms with E-state index in [-0.39, 0.29) is 25.0 Å². The number of nitrogens with one attached hydrogen (secondary N) is 1. The fourth-order valence-electron chi connectivity index (χ4n) is 3.87. The molecule has 3 rings (SSSR count). The van der Waals surface area contributed by atoms with Crippen molar-refractivity contribution in [1.82, 2.24) is 10.2 Å². The van der Waals surface area contributed by atoms with Gasteiger partial charge in [-0.25, -0.2) is 9.79 Å². The molecule has 2 atom stereocenters. The minimum absolute atomic E-state index is 0.0485. The summed E-state index contributed by atoms with van der Waals surface area (Å²) >= 11 is 1.48. The van der Waals surface area contributed by atoms with Crippen LogP contribution in [0.5, 0.6) is 0 Å². The summed E-state index contributed by atoms with van der Waals surface area (Å²) in [6.07, 6.45) is 1.07. The number of rotatable bonds is 9. The zero-order valence-electron chi connectivity index (χ0n) is 20.2. The van der Waals surface area contributed by atoms with Crippen LogP contribution >= 0.6 is 11.8 Å². The van der Waals surface area contributed by atoms with Gasteiger partial charge in [0.15, 0.2) is 5.17 Å². The molecule has 0 saturated carbocycles. The van der Waals surface area contributed by atoms with Crippen molar-refractivity contribution in [2.24, 2.45) is 4.99 Å². The maximum atomic E-state index is 13.2. The summed E-state index contributed by atoms with van der Waals surface area (Å²) in [4.78, 5) is 32.7. The number of benzene rings is 1. The molecule has 0 unspecified atom stereocenters. The fourth-order valence-corrected chi connectivity index (χ4v) is 4.83. The molecule has 0 radical (unpaired) electrons. The van der Waals surface area contributed by atoms with Crippen molar-refractivity contribution in [1.29, 1.82) is 0 Å². The van der Waals surface area contributed by atoms with E-state index in [1.54, 1.807) is 7.11 Å². The van der Waals surface area contributed by atoms with Crippen molar-refractivity contribution in [3.63, 3.8) is 0 Å². The van der Waals surface area contributed by atoms with Crippen LogP contribution in [-0.2, 0) is 19.1 Å². The lowest BCUT2D eigenvalue weighted by Gasteiger charge is -2.37.